The number of alkyl halides is 1. The van der Waals surface area contributed by atoms with E-state index in [2.05, 4.69) is 15.2 Å². The minimum absolute atomic E-state index is 0.0403. The van der Waals surface area contributed by atoms with Gasteiger partial charge in [-0.15, -0.1) is 0 Å². The van der Waals surface area contributed by atoms with Crippen LogP contribution < -0.4 is 10.2 Å². The smallest absolute Gasteiger partial charge is 0.240 e. The van der Waals surface area contributed by atoms with Gasteiger partial charge >= 0.3 is 0 Å². The summed E-state index contributed by atoms with van der Waals surface area (Å²) in [5, 5.41) is 12.6. The maximum atomic E-state index is 15.0. The van der Waals surface area contributed by atoms with E-state index in [9.17, 15) is 23.6 Å². The van der Waals surface area contributed by atoms with Crippen molar-refractivity contribution in [1.82, 2.24) is 14.9 Å². The number of carbonyl (C=O) groups excluding carboxylic acids is 2. The second-order valence-electron chi connectivity index (χ2n) is 10.2. The van der Waals surface area contributed by atoms with Gasteiger partial charge in [0.05, 0.1) is 23.8 Å². The summed E-state index contributed by atoms with van der Waals surface area (Å²) in [5.74, 6) is -0.341. The topological polar surface area (TPSA) is 102 Å². The SMILES string of the molecule is Cc1nc(N[C@H](C)c2cccc(C#N)c2F)c2c(n1)C1(CCN(C)C1)C(=O)N(c1ccc(C(=O)CF)cc1)C2. The third kappa shape index (κ3) is 4.53. The lowest BCUT2D eigenvalue weighted by Gasteiger charge is -2.41. The monoisotopic (exact) mass is 530 g/mol. The van der Waals surface area contributed by atoms with Gasteiger partial charge in [-0.1, -0.05) is 12.1 Å². The van der Waals surface area contributed by atoms with Crippen LogP contribution in [0.4, 0.5) is 20.3 Å². The molecule has 200 valence electrons. The van der Waals surface area contributed by atoms with Crippen molar-refractivity contribution in [3.05, 3.63) is 82.1 Å². The molecule has 2 aliphatic rings. The molecule has 1 aromatic heterocycles. The van der Waals surface area contributed by atoms with Gasteiger partial charge in [0.15, 0.2) is 12.5 Å². The molecule has 0 bridgehead atoms. The summed E-state index contributed by atoms with van der Waals surface area (Å²) in [7, 11) is 1.96. The molecular formula is C29H28F2N6O2. The number of amides is 1. The number of halogens is 2. The van der Waals surface area contributed by atoms with Gasteiger partial charge in [0, 0.05) is 28.9 Å². The number of likely N-dealkylation sites (N-methyl/N-ethyl adjacent to an activating group) is 1. The number of carbonyl (C=O) groups is 2. The first-order chi connectivity index (χ1) is 18.7. The molecule has 2 aromatic carbocycles. The predicted molar refractivity (Wildman–Crippen MR) is 142 cm³/mol. The molecule has 0 aliphatic carbocycles. The maximum absolute atomic E-state index is 15.0. The first-order valence-corrected chi connectivity index (χ1v) is 12.7. The van der Waals surface area contributed by atoms with Crippen LogP contribution in [0.25, 0.3) is 0 Å². The molecule has 3 heterocycles. The Morgan fingerprint density at radius 2 is 1.97 bits per heavy atom. The fourth-order valence-corrected chi connectivity index (χ4v) is 5.59. The molecule has 5 rings (SSSR count). The van der Waals surface area contributed by atoms with E-state index in [0.29, 0.717) is 48.1 Å². The van der Waals surface area contributed by atoms with Crippen LogP contribution in [0.1, 0.15) is 58.0 Å². The Morgan fingerprint density at radius 3 is 2.62 bits per heavy atom. The molecule has 1 unspecified atom stereocenters. The molecule has 1 spiro atoms. The van der Waals surface area contributed by atoms with Gasteiger partial charge in [0.1, 0.15) is 28.9 Å². The zero-order valence-electron chi connectivity index (χ0n) is 22.0. The molecule has 8 nitrogen and oxygen atoms in total. The summed E-state index contributed by atoms with van der Waals surface area (Å²) >= 11 is 0. The number of hydrogen-bond donors (Lipinski definition) is 1. The lowest BCUT2D eigenvalue weighted by atomic mass is 9.76. The zero-order valence-corrected chi connectivity index (χ0v) is 22.0. The van der Waals surface area contributed by atoms with Gasteiger partial charge in [-0.3, -0.25) is 9.59 Å². The number of rotatable bonds is 6. The quantitative estimate of drug-likeness (QED) is 0.476. The fourth-order valence-electron chi connectivity index (χ4n) is 5.59. The van der Waals surface area contributed by atoms with Gasteiger partial charge in [0.2, 0.25) is 5.91 Å². The molecule has 1 saturated heterocycles. The third-order valence-electron chi connectivity index (χ3n) is 7.59. The van der Waals surface area contributed by atoms with Crippen LogP contribution in [0.2, 0.25) is 0 Å². The Bertz CT molecular complexity index is 1500. The molecule has 1 N–H and O–H groups in total. The lowest BCUT2D eigenvalue weighted by Crippen LogP contribution is -2.53. The molecular weight excluding hydrogens is 502 g/mol. The van der Waals surface area contributed by atoms with Crippen LogP contribution in [0.15, 0.2) is 42.5 Å². The number of aromatic nitrogens is 2. The number of ketones is 1. The summed E-state index contributed by atoms with van der Waals surface area (Å²) in [5.41, 5.74) is 1.57. The number of likely N-dealkylation sites (tertiary alicyclic amines) is 1. The number of aryl methyl sites for hydroxylation is 1. The van der Waals surface area contributed by atoms with Crippen molar-refractivity contribution in [1.29, 1.82) is 5.26 Å². The van der Waals surface area contributed by atoms with Gasteiger partial charge in [-0.25, -0.2) is 18.7 Å². The highest BCUT2D eigenvalue weighted by Crippen LogP contribution is 2.44. The Balaban J connectivity index is 1.59. The average molecular weight is 531 g/mol. The first kappa shape index (κ1) is 26.4. The molecule has 0 radical (unpaired) electrons. The minimum atomic E-state index is -1.09. The maximum Gasteiger partial charge on any atom is 0.240 e. The van der Waals surface area contributed by atoms with E-state index in [1.165, 1.54) is 18.2 Å². The van der Waals surface area contributed by atoms with E-state index in [1.54, 1.807) is 43.0 Å². The van der Waals surface area contributed by atoms with Crippen molar-refractivity contribution in [2.24, 2.45) is 0 Å². The number of nitriles is 1. The van der Waals surface area contributed by atoms with Crippen LogP contribution in [0.5, 0.6) is 0 Å². The number of benzene rings is 2. The van der Waals surface area contributed by atoms with Crippen LogP contribution in [0.3, 0.4) is 0 Å². The Labute approximate surface area is 225 Å². The predicted octanol–water partition coefficient (Wildman–Crippen LogP) is 4.24. The molecule has 1 amide bonds. The second kappa shape index (κ2) is 10.2. The van der Waals surface area contributed by atoms with Crippen molar-refractivity contribution in [3.8, 4) is 6.07 Å². The van der Waals surface area contributed by atoms with Crippen LogP contribution in [0, 0.1) is 24.1 Å². The summed E-state index contributed by atoms with van der Waals surface area (Å²) in [4.78, 5) is 39.1. The van der Waals surface area contributed by atoms with Gasteiger partial charge < -0.3 is 15.1 Å². The Kier molecular flexibility index (Phi) is 6.87. The van der Waals surface area contributed by atoms with Crippen molar-refractivity contribution < 1.29 is 18.4 Å². The number of nitrogens with one attached hydrogen (secondary N) is 1. The number of Topliss-reactive ketones (excluding diaryl/α,β-unsaturated/α-hetero) is 1. The standard InChI is InChI=1S/C29H28F2N6O2/c1-17(22-6-4-5-20(14-32)25(22)31)33-27-23-15-37(21-9-7-19(8-10-21)24(38)13-30)28(39)29(11-12-36(3)16-29)26(23)34-18(2)35-27/h4-10,17H,11-13,15-16H2,1-3H3,(H,33,34,35)/t17-,29?/m1/s1. The van der Waals surface area contributed by atoms with Crippen LogP contribution in [-0.4, -0.2) is 53.4 Å². The third-order valence-corrected chi connectivity index (χ3v) is 7.59. The molecule has 2 atom stereocenters. The average Bonchev–Trinajstić information content (AvgIpc) is 3.33. The van der Waals surface area contributed by atoms with Gasteiger partial charge in [-0.05, 0) is 64.2 Å². The van der Waals surface area contributed by atoms with E-state index in [0.717, 1.165) is 5.56 Å². The van der Waals surface area contributed by atoms with Gasteiger partial charge in [-0.2, -0.15) is 5.26 Å². The van der Waals surface area contributed by atoms with E-state index >= 15 is 0 Å². The van der Waals surface area contributed by atoms with Crippen molar-refractivity contribution in [2.75, 3.05) is 37.0 Å². The van der Waals surface area contributed by atoms with E-state index in [4.69, 9.17) is 4.98 Å². The summed E-state index contributed by atoms with van der Waals surface area (Å²) < 4.78 is 27.9. The summed E-state index contributed by atoms with van der Waals surface area (Å²) in [6.07, 6.45) is 0.564. The number of fused-ring (bicyclic) bond motifs is 2. The van der Waals surface area contributed by atoms with Crippen LogP contribution in [-0.2, 0) is 16.8 Å². The van der Waals surface area contributed by atoms with Crippen molar-refractivity contribution >= 4 is 23.2 Å². The second-order valence-corrected chi connectivity index (χ2v) is 10.2. The number of anilines is 2. The molecule has 10 heteroatoms. The van der Waals surface area contributed by atoms with Crippen molar-refractivity contribution in [3.63, 3.8) is 0 Å². The molecule has 1 fully saturated rings. The van der Waals surface area contributed by atoms with E-state index in [-0.39, 0.29) is 23.6 Å². The molecule has 3 aromatic rings. The first-order valence-electron chi connectivity index (χ1n) is 12.7. The zero-order chi connectivity index (χ0) is 27.9. The fraction of sp³-hybridized carbons (Fsp3) is 0.345. The lowest BCUT2D eigenvalue weighted by molar-refractivity contribution is -0.124. The summed E-state index contributed by atoms with van der Waals surface area (Å²) in [6.45, 7) is 3.79. The van der Waals surface area contributed by atoms with E-state index in [1.807, 2.05) is 13.1 Å². The highest BCUT2D eigenvalue weighted by molar-refractivity contribution is 6.04. The number of hydrogen-bond acceptors (Lipinski definition) is 7. The summed E-state index contributed by atoms with van der Waals surface area (Å²) in [6, 6.07) is 12.4. The molecule has 39 heavy (non-hydrogen) atoms. The van der Waals surface area contributed by atoms with Crippen LogP contribution >= 0.6 is 0 Å². The Hall–Kier alpha value is -4.23. The number of nitrogens with zero attached hydrogens (tertiary/aromatic N) is 5. The minimum Gasteiger partial charge on any atom is -0.363 e. The Morgan fingerprint density at radius 1 is 1.23 bits per heavy atom. The van der Waals surface area contributed by atoms with Crippen molar-refractivity contribution in [2.45, 2.75) is 38.3 Å². The van der Waals surface area contributed by atoms with Gasteiger partial charge in [0.25, 0.3) is 0 Å². The molecule has 0 saturated carbocycles. The largest absolute Gasteiger partial charge is 0.363 e. The highest BCUT2D eigenvalue weighted by Gasteiger charge is 2.53. The molecule has 2 aliphatic heterocycles. The normalized spacial score (nSPS) is 19.6. The van der Waals surface area contributed by atoms with E-state index < -0.39 is 29.7 Å². The highest BCUT2D eigenvalue weighted by atomic mass is 19.1.